The van der Waals surface area contributed by atoms with Gasteiger partial charge in [0, 0.05) is 8.95 Å². The molecule has 4 nitrogen and oxygen atoms in total. The molecule has 21 heavy (non-hydrogen) atoms. The van der Waals surface area contributed by atoms with Crippen molar-refractivity contribution in [2.75, 3.05) is 0 Å². The fourth-order valence-corrected chi connectivity index (χ4v) is 2.39. The summed E-state index contributed by atoms with van der Waals surface area (Å²) >= 11 is 6.38. The highest BCUT2D eigenvalue weighted by Gasteiger charge is 2.14. The van der Waals surface area contributed by atoms with Gasteiger partial charge in [-0.2, -0.15) is 0 Å². The third-order valence-electron chi connectivity index (χ3n) is 2.58. The third kappa shape index (κ3) is 3.89. The molecule has 0 aromatic heterocycles. The summed E-state index contributed by atoms with van der Waals surface area (Å²) in [6.07, 6.45) is 0. The summed E-state index contributed by atoms with van der Waals surface area (Å²) in [5, 5.41) is 0. The van der Waals surface area contributed by atoms with E-state index in [2.05, 4.69) is 42.7 Å². The van der Waals surface area contributed by atoms with E-state index in [0.717, 1.165) is 6.07 Å². The van der Waals surface area contributed by atoms with Gasteiger partial charge in [0.1, 0.15) is 5.82 Å². The zero-order valence-corrected chi connectivity index (χ0v) is 13.7. The minimum atomic E-state index is -0.741. The molecule has 108 valence electrons. The van der Waals surface area contributed by atoms with Crippen LogP contribution >= 0.6 is 31.9 Å². The summed E-state index contributed by atoms with van der Waals surface area (Å²) in [4.78, 5) is 23.7. The predicted octanol–water partition coefficient (Wildman–Crippen LogP) is 3.43. The van der Waals surface area contributed by atoms with Crippen molar-refractivity contribution in [3.63, 3.8) is 0 Å². The topological polar surface area (TPSA) is 58.2 Å². The average molecular weight is 416 g/mol. The molecule has 0 bridgehead atoms. The van der Waals surface area contributed by atoms with Crippen LogP contribution in [0.1, 0.15) is 20.7 Å². The van der Waals surface area contributed by atoms with Crippen molar-refractivity contribution in [3.8, 4) is 0 Å². The molecular weight excluding hydrogens is 407 g/mol. The largest absolute Gasteiger partial charge is 0.272 e. The number of rotatable bonds is 2. The van der Waals surface area contributed by atoms with Gasteiger partial charge in [0.15, 0.2) is 0 Å². The van der Waals surface area contributed by atoms with E-state index in [-0.39, 0.29) is 5.56 Å². The zero-order chi connectivity index (χ0) is 15.4. The van der Waals surface area contributed by atoms with Gasteiger partial charge >= 0.3 is 0 Å². The van der Waals surface area contributed by atoms with E-state index >= 15 is 0 Å². The summed E-state index contributed by atoms with van der Waals surface area (Å²) in [6, 6.07) is 10.7. The van der Waals surface area contributed by atoms with Crippen molar-refractivity contribution >= 4 is 43.7 Å². The van der Waals surface area contributed by atoms with Crippen LogP contribution in [0.25, 0.3) is 0 Å². The highest BCUT2D eigenvalue weighted by Crippen LogP contribution is 2.16. The number of hydrogen-bond donors (Lipinski definition) is 2. The molecule has 2 rings (SSSR count). The van der Waals surface area contributed by atoms with Gasteiger partial charge in [-0.15, -0.1) is 0 Å². The Labute approximate surface area is 137 Å². The van der Waals surface area contributed by atoms with Gasteiger partial charge in [0.2, 0.25) is 0 Å². The van der Waals surface area contributed by atoms with E-state index in [9.17, 15) is 14.0 Å². The Morgan fingerprint density at radius 3 is 2.19 bits per heavy atom. The fourth-order valence-electron chi connectivity index (χ4n) is 1.57. The Bertz CT molecular complexity index is 707. The van der Waals surface area contributed by atoms with Crippen molar-refractivity contribution in [1.29, 1.82) is 0 Å². The van der Waals surface area contributed by atoms with Gasteiger partial charge in [-0.1, -0.05) is 28.1 Å². The molecule has 2 aromatic rings. The minimum absolute atomic E-state index is 0.170. The number of carbonyl (C=O) groups excluding carboxylic acids is 2. The molecule has 2 N–H and O–H groups in total. The van der Waals surface area contributed by atoms with Crippen molar-refractivity contribution in [2.24, 2.45) is 0 Å². The lowest BCUT2D eigenvalue weighted by molar-refractivity contribution is 0.0844. The van der Waals surface area contributed by atoms with Gasteiger partial charge in [-0.3, -0.25) is 20.4 Å². The van der Waals surface area contributed by atoms with Crippen LogP contribution in [0.5, 0.6) is 0 Å². The van der Waals surface area contributed by atoms with E-state index in [1.165, 1.54) is 12.1 Å². The molecule has 0 heterocycles. The van der Waals surface area contributed by atoms with Gasteiger partial charge in [0.25, 0.3) is 11.8 Å². The number of benzene rings is 2. The van der Waals surface area contributed by atoms with Crippen LogP contribution in [0.2, 0.25) is 0 Å². The fraction of sp³-hybridized carbons (Fsp3) is 0. The average Bonchev–Trinajstić information content (AvgIpc) is 2.47. The first-order chi connectivity index (χ1) is 9.99. The summed E-state index contributed by atoms with van der Waals surface area (Å²) in [6.45, 7) is 0. The molecule has 0 radical (unpaired) electrons. The van der Waals surface area contributed by atoms with E-state index in [1.807, 2.05) is 0 Å². The Morgan fingerprint density at radius 1 is 0.905 bits per heavy atom. The molecule has 0 aliphatic heterocycles. The molecule has 0 aliphatic rings. The van der Waals surface area contributed by atoms with E-state index in [0.29, 0.717) is 14.5 Å². The standard InChI is InChI=1S/C14H9Br2FN2O2/c15-8-5-6-12(17)10(7-8)14(21)19-18-13(20)9-3-1-2-4-11(9)16/h1-7H,(H,18,20)(H,19,21). The van der Waals surface area contributed by atoms with Crippen molar-refractivity contribution in [3.05, 3.63) is 68.4 Å². The summed E-state index contributed by atoms with van der Waals surface area (Å²) in [7, 11) is 0. The monoisotopic (exact) mass is 414 g/mol. The predicted molar refractivity (Wildman–Crippen MR) is 83.2 cm³/mol. The molecule has 2 aromatic carbocycles. The zero-order valence-electron chi connectivity index (χ0n) is 10.5. The van der Waals surface area contributed by atoms with Crippen LogP contribution in [0.3, 0.4) is 0 Å². The molecule has 0 atom stereocenters. The second-order valence-corrected chi connectivity index (χ2v) is 5.78. The molecule has 0 unspecified atom stereocenters. The lowest BCUT2D eigenvalue weighted by atomic mass is 10.2. The molecule has 0 saturated heterocycles. The Balaban J connectivity index is 2.06. The van der Waals surface area contributed by atoms with Crippen LogP contribution in [-0.4, -0.2) is 11.8 Å². The van der Waals surface area contributed by atoms with Gasteiger partial charge in [-0.05, 0) is 46.3 Å². The first-order valence-electron chi connectivity index (χ1n) is 5.79. The quantitative estimate of drug-likeness (QED) is 0.738. The number of hydrogen-bond acceptors (Lipinski definition) is 2. The van der Waals surface area contributed by atoms with Crippen LogP contribution in [0.4, 0.5) is 4.39 Å². The molecule has 0 aliphatic carbocycles. The molecule has 0 fully saturated rings. The molecular formula is C14H9Br2FN2O2. The summed E-state index contributed by atoms with van der Waals surface area (Å²) in [5.74, 6) is -1.92. The summed E-state index contributed by atoms with van der Waals surface area (Å²) < 4.78 is 14.7. The van der Waals surface area contributed by atoms with E-state index < -0.39 is 17.6 Å². The number of hydrazine groups is 1. The normalized spacial score (nSPS) is 10.0. The highest BCUT2D eigenvalue weighted by molar-refractivity contribution is 9.10. The van der Waals surface area contributed by atoms with Crippen molar-refractivity contribution in [2.45, 2.75) is 0 Å². The molecule has 0 spiro atoms. The van der Waals surface area contributed by atoms with Crippen LogP contribution < -0.4 is 10.9 Å². The van der Waals surface area contributed by atoms with Gasteiger partial charge < -0.3 is 0 Å². The maximum Gasteiger partial charge on any atom is 0.272 e. The second-order valence-electron chi connectivity index (χ2n) is 4.01. The summed E-state index contributed by atoms with van der Waals surface area (Å²) in [5.41, 5.74) is 4.59. The van der Waals surface area contributed by atoms with Crippen LogP contribution in [0, 0.1) is 5.82 Å². The number of nitrogens with one attached hydrogen (secondary N) is 2. The number of amides is 2. The lowest BCUT2D eigenvalue weighted by Gasteiger charge is -2.09. The lowest BCUT2D eigenvalue weighted by Crippen LogP contribution is -2.42. The highest BCUT2D eigenvalue weighted by atomic mass is 79.9. The maximum atomic E-state index is 13.5. The van der Waals surface area contributed by atoms with Crippen LogP contribution in [-0.2, 0) is 0 Å². The number of carbonyl (C=O) groups is 2. The minimum Gasteiger partial charge on any atom is -0.267 e. The maximum absolute atomic E-state index is 13.5. The molecule has 7 heteroatoms. The third-order valence-corrected chi connectivity index (χ3v) is 3.77. The first kappa shape index (κ1) is 15.7. The van der Waals surface area contributed by atoms with E-state index in [4.69, 9.17) is 0 Å². The Morgan fingerprint density at radius 2 is 1.52 bits per heavy atom. The first-order valence-corrected chi connectivity index (χ1v) is 7.38. The molecule has 2 amide bonds. The Hall–Kier alpha value is -1.73. The van der Waals surface area contributed by atoms with Gasteiger partial charge in [0.05, 0.1) is 11.1 Å². The molecule has 0 saturated carbocycles. The Kier molecular flexibility index (Phi) is 5.08. The SMILES string of the molecule is O=C(NNC(=O)c1ccccc1Br)c1cc(Br)ccc1F. The van der Waals surface area contributed by atoms with E-state index in [1.54, 1.807) is 24.3 Å². The second kappa shape index (κ2) is 6.82. The number of halogens is 3. The van der Waals surface area contributed by atoms with Crippen LogP contribution in [0.15, 0.2) is 51.4 Å². The van der Waals surface area contributed by atoms with Gasteiger partial charge in [-0.25, -0.2) is 4.39 Å². The van der Waals surface area contributed by atoms with Crippen molar-refractivity contribution < 1.29 is 14.0 Å². The van der Waals surface area contributed by atoms with Crippen molar-refractivity contribution in [1.82, 2.24) is 10.9 Å². The smallest absolute Gasteiger partial charge is 0.267 e.